The smallest absolute Gasteiger partial charge is 0.246 e. The summed E-state index contributed by atoms with van der Waals surface area (Å²) in [5, 5.41) is 0.142. The highest BCUT2D eigenvalue weighted by molar-refractivity contribution is 7.89. The molecule has 0 N–H and O–H groups in total. The molecule has 0 bridgehead atoms. The van der Waals surface area contributed by atoms with Gasteiger partial charge in [0.25, 0.3) is 0 Å². The van der Waals surface area contributed by atoms with Crippen molar-refractivity contribution in [2.24, 2.45) is 0 Å². The minimum absolute atomic E-state index is 0.0174. The van der Waals surface area contributed by atoms with E-state index in [4.69, 9.17) is 23.2 Å². The van der Waals surface area contributed by atoms with Gasteiger partial charge < -0.3 is 0 Å². The lowest BCUT2D eigenvalue weighted by Crippen LogP contribution is -2.30. The van der Waals surface area contributed by atoms with Crippen LogP contribution in [0.1, 0.15) is 4.88 Å². The van der Waals surface area contributed by atoms with Gasteiger partial charge in [-0.05, 0) is 18.2 Å². The van der Waals surface area contributed by atoms with E-state index >= 15 is 0 Å². The highest BCUT2D eigenvalue weighted by atomic mass is 35.5. The number of pyridine rings is 1. The summed E-state index contributed by atoms with van der Waals surface area (Å²) in [5.74, 6) is 0. The number of thiophene rings is 1. The molecule has 0 spiro atoms. The van der Waals surface area contributed by atoms with Crippen LogP contribution in [0.4, 0.5) is 0 Å². The van der Waals surface area contributed by atoms with Gasteiger partial charge in [0, 0.05) is 30.4 Å². The van der Waals surface area contributed by atoms with Crippen molar-refractivity contribution in [2.45, 2.75) is 11.4 Å². The molecule has 0 aliphatic carbocycles. The molecule has 2 aromatic rings. The maximum absolute atomic E-state index is 12.7. The van der Waals surface area contributed by atoms with E-state index in [1.807, 2.05) is 0 Å². The van der Waals surface area contributed by atoms with E-state index in [1.165, 1.54) is 40.2 Å². The highest BCUT2D eigenvalue weighted by Gasteiger charge is 2.26. The number of aromatic nitrogens is 1. The topological polar surface area (TPSA) is 50.3 Å². The molecule has 21 heavy (non-hydrogen) atoms. The number of sulfonamides is 1. The average Bonchev–Trinajstić information content (AvgIpc) is 2.84. The Morgan fingerprint density at radius 3 is 2.67 bits per heavy atom. The van der Waals surface area contributed by atoms with Gasteiger partial charge >= 0.3 is 0 Å². The monoisotopic (exact) mass is 362 g/mol. The quantitative estimate of drug-likeness (QED) is 0.733. The number of nitrogens with zero attached hydrogens (tertiary/aromatic N) is 2. The Balaban J connectivity index is 2.37. The zero-order valence-electron chi connectivity index (χ0n) is 10.9. The minimum Gasteiger partial charge on any atom is -0.263 e. The van der Waals surface area contributed by atoms with Gasteiger partial charge in [0.15, 0.2) is 0 Å². The average molecular weight is 363 g/mol. The molecule has 0 saturated carbocycles. The van der Waals surface area contributed by atoms with E-state index in [0.717, 1.165) is 4.88 Å². The van der Waals surface area contributed by atoms with Crippen LogP contribution < -0.4 is 0 Å². The first kappa shape index (κ1) is 16.5. The van der Waals surface area contributed by atoms with Crippen molar-refractivity contribution >= 4 is 44.6 Å². The first-order valence-electron chi connectivity index (χ1n) is 5.90. The maximum Gasteiger partial charge on any atom is 0.246 e. The van der Waals surface area contributed by atoms with E-state index < -0.39 is 10.0 Å². The maximum atomic E-state index is 12.7. The van der Waals surface area contributed by atoms with Crippen molar-refractivity contribution in [1.29, 1.82) is 0 Å². The fourth-order valence-corrected chi connectivity index (χ4v) is 4.67. The summed E-state index contributed by atoms with van der Waals surface area (Å²) in [6.45, 7) is 3.97. The van der Waals surface area contributed by atoms with E-state index in [0.29, 0.717) is 4.34 Å². The molecule has 8 heteroatoms. The van der Waals surface area contributed by atoms with Crippen molar-refractivity contribution in [1.82, 2.24) is 9.29 Å². The third kappa shape index (κ3) is 3.84. The Kier molecular flexibility index (Phi) is 5.40. The molecular weight excluding hydrogens is 351 g/mol. The lowest BCUT2D eigenvalue weighted by Gasteiger charge is -2.20. The Morgan fingerprint density at radius 1 is 1.33 bits per heavy atom. The zero-order valence-corrected chi connectivity index (χ0v) is 14.0. The molecule has 112 valence electrons. The van der Waals surface area contributed by atoms with Crippen LogP contribution in [0.25, 0.3) is 0 Å². The molecule has 2 rings (SSSR count). The Labute approximate surface area is 137 Å². The van der Waals surface area contributed by atoms with E-state index in [9.17, 15) is 8.42 Å². The van der Waals surface area contributed by atoms with Crippen LogP contribution in [-0.2, 0) is 16.6 Å². The molecule has 0 radical (unpaired) electrons. The molecule has 0 saturated heterocycles. The predicted octanol–water partition coefficient (Wildman–Crippen LogP) is 3.83. The van der Waals surface area contributed by atoms with Gasteiger partial charge in [0.1, 0.15) is 4.90 Å². The van der Waals surface area contributed by atoms with Crippen molar-refractivity contribution in [2.75, 3.05) is 6.54 Å². The van der Waals surface area contributed by atoms with E-state index in [-0.39, 0.29) is 23.0 Å². The van der Waals surface area contributed by atoms with Gasteiger partial charge in [0.05, 0.1) is 9.36 Å². The van der Waals surface area contributed by atoms with Crippen molar-refractivity contribution in [3.8, 4) is 0 Å². The van der Waals surface area contributed by atoms with Gasteiger partial charge in [-0.3, -0.25) is 4.98 Å². The van der Waals surface area contributed by atoms with Crippen LogP contribution >= 0.6 is 34.5 Å². The lowest BCUT2D eigenvalue weighted by atomic mass is 10.4. The van der Waals surface area contributed by atoms with E-state index in [2.05, 4.69) is 11.6 Å². The van der Waals surface area contributed by atoms with Crippen LogP contribution in [-0.4, -0.2) is 24.3 Å². The van der Waals surface area contributed by atoms with E-state index in [1.54, 1.807) is 12.1 Å². The van der Waals surface area contributed by atoms with Gasteiger partial charge in [0.2, 0.25) is 10.0 Å². The Morgan fingerprint density at radius 2 is 2.10 bits per heavy atom. The van der Waals surface area contributed by atoms with Gasteiger partial charge in [-0.1, -0.05) is 29.3 Å². The molecule has 2 heterocycles. The highest BCUT2D eigenvalue weighted by Crippen LogP contribution is 2.27. The van der Waals surface area contributed by atoms with Gasteiger partial charge in [-0.15, -0.1) is 17.9 Å². The molecule has 0 aliphatic rings. The molecule has 0 amide bonds. The summed E-state index contributed by atoms with van der Waals surface area (Å²) < 4.78 is 27.3. The fourth-order valence-electron chi connectivity index (χ4n) is 1.69. The SMILES string of the molecule is C=CCN(Cc1ccc(Cl)s1)S(=O)(=O)c1cnccc1Cl. The third-order valence-corrected chi connectivity index (χ3v) is 6.14. The molecule has 0 aromatic carbocycles. The molecule has 2 aromatic heterocycles. The number of rotatable bonds is 6. The van der Waals surface area contributed by atoms with Crippen LogP contribution in [0.3, 0.4) is 0 Å². The molecule has 0 fully saturated rings. The van der Waals surface area contributed by atoms with Crippen molar-refractivity contribution in [3.63, 3.8) is 0 Å². The third-order valence-electron chi connectivity index (χ3n) is 2.65. The largest absolute Gasteiger partial charge is 0.263 e. The standard InChI is InChI=1S/C13H12Cl2N2O2S2/c1-2-7-17(9-10-3-4-13(15)20-10)21(18,19)12-8-16-6-5-11(12)14/h2-6,8H,1,7,9H2. The second-order valence-electron chi connectivity index (χ2n) is 4.10. The number of hydrogen-bond donors (Lipinski definition) is 0. The Bertz CT molecular complexity index is 744. The predicted molar refractivity (Wildman–Crippen MR) is 86.4 cm³/mol. The van der Waals surface area contributed by atoms with Gasteiger partial charge in [-0.25, -0.2) is 8.42 Å². The summed E-state index contributed by atoms with van der Waals surface area (Å²) in [4.78, 5) is 4.65. The lowest BCUT2D eigenvalue weighted by molar-refractivity contribution is 0.441. The normalized spacial score (nSPS) is 11.8. The number of halogens is 2. The summed E-state index contributed by atoms with van der Waals surface area (Å²) in [6, 6.07) is 4.98. The second-order valence-corrected chi connectivity index (χ2v) is 8.21. The van der Waals surface area contributed by atoms with Crippen LogP contribution in [0.2, 0.25) is 9.36 Å². The Hall–Kier alpha value is -0.920. The van der Waals surface area contributed by atoms with Crippen molar-refractivity contribution in [3.05, 3.63) is 57.5 Å². The molecule has 0 aliphatic heterocycles. The summed E-state index contributed by atoms with van der Waals surface area (Å²) in [5.41, 5.74) is 0. The summed E-state index contributed by atoms with van der Waals surface area (Å²) in [6.07, 6.45) is 4.21. The fraction of sp³-hybridized carbons (Fsp3) is 0.154. The van der Waals surface area contributed by atoms with Gasteiger partial charge in [-0.2, -0.15) is 4.31 Å². The summed E-state index contributed by atoms with van der Waals surface area (Å²) in [7, 11) is -3.75. The minimum atomic E-state index is -3.75. The molecular formula is C13H12Cl2N2O2S2. The molecule has 4 nitrogen and oxygen atoms in total. The van der Waals surface area contributed by atoms with Crippen molar-refractivity contribution < 1.29 is 8.42 Å². The second kappa shape index (κ2) is 6.89. The zero-order chi connectivity index (χ0) is 15.5. The molecule has 0 unspecified atom stereocenters. The summed E-state index contributed by atoms with van der Waals surface area (Å²) >= 11 is 13.2. The first-order valence-corrected chi connectivity index (χ1v) is 8.91. The van der Waals surface area contributed by atoms with Crippen LogP contribution in [0.15, 0.2) is 48.1 Å². The molecule has 0 atom stereocenters. The van der Waals surface area contributed by atoms with Crippen LogP contribution in [0, 0.1) is 0 Å². The number of hydrogen-bond acceptors (Lipinski definition) is 4. The van der Waals surface area contributed by atoms with Crippen LogP contribution in [0.5, 0.6) is 0 Å². The first-order chi connectivity index (χ1) is 9.95.